The predicted octanol–water partition coefficient (Wildman–Crippen LogP) is 6.74. The smallest absolute Gasteiger partial charge is 0.327 e. The highest BCUT2D eigenvalue weighted by atomic mass is 16.4. The molecule has 0 aliphatic heterocycles. The molecule has 0 heterocycles. The van der Waals surface area contributed by atoms with Crippen LogP contribution in [-0.4, -0.2) is 11.1 Å². The third kappa shape index (κ3) is 10.6. The monoisotopic (exact) mass is 322 g/mol. The topological polar surface area (TPSA) is 37.3 Å². The van der Waals surface area contributed by atoms with Gasteiger partial charge in [0.05, 0.1) is 0 Å². The molecule has 2 heteroatoms. The van der Waals surface area contributed by atoms with E-state index in [9.17, 15) is 4.79 Å². The molecule has 0 spiro atoms. The van der Waals surface area contributed by atoms with Gasteiger partial charge in [-0.15, -0.1) is 0 Å². The molecule has 2 nitrogen and oxygen atoms in total. The fraction of sp³-hybridized carbons (Fsp3) is 0.857. The highest BCUT2D eigenvalue weighted by Gasteiger charge is 2.22. The Labute approximate surface area is 143 Å². The minimum Gasteiger partial charge on any atom is -0.478 e. The maximum absolute atomic E-state index is 10.5. The molecule has 1 fully saturated rings. The molecular weight excluding hydrogens is 284 g/mol. The van der Waals surface area contributed by atoms with Crippen molar-refractivity contribution >= 4 is 5.97 Å². The maximum atomic E-state index is 10.5. The third-order valence-electron chi connectivity index (χ3n) is 5.45. The van der Waals surface area contributed by atoms with Gasteiger partial charge in [0.15, 0.2) is 0 Å². The summed E-state index contributed by atoms with van der Waals surface area (Å²) in [4.78, 5) is 10.5. The van der Waals surface area contributed by atoms with Crippen molar-refractivity contribution in [2.75, 3.05) is 0 Å². The zero-order chi connectivity index (χ0) is 16.8. The SMILES string of the molecule is CCCCCCCC[C@H](CCC/C=C/C(=O)O)C1CCCCC1. The molecule has 0 amide bonds. The van der Waals surface area contributed by atoms with Gasteiger partial charge in [0.2, 0.25) is 0 Å². The van der Waals surface area contributed by atoms with Crippen molar-refractivity contribution in [3.8, 4) is 0 Å². The van der Waals surface area contributed by atoms with Crippen LogP contribution in [-0.2, 0) is 4.79 Å². The standard InChI is InChI=1S/C21H38O2/c1-2-3-4-5-6-9-14-19(20-15-10-7-11-16-20)17-12-8-13-18-21(22)23/h13,18-20H,2-12,14-17H2,1H3,(H,22,23)/b18-13+/t19-/m1/s1. The first-order chi connectivity index (χ1) is 11.2. The lowest BCUT2D eigenvalue weighted by Gasteiger charge is -2.30. The van der Waals surface area contributed by atoms with E-state index in [1.54, 1.807) is 0 Å². The van der Waals surface area contributed by atoms with E-state index in [4.69, 9.17) is 5.11 Å². The summed E-state index contributed by atoms with van der Waals surface area (Å²) in [5.74, 6) is 1.02. The number of hydrogen-bond donors (Lipinski definition) is 1. The second kappa shape index (κ2) is 13.6. The van der Waals surface area contributed by atoms with Crippen LogP contribution in [0.2, 0.25) is 0 Å². The summed E-state index contributed by atoms with van der Waals surface area (Å²) >= 11 is 0. The zero-order valence-corrected chi connectivity index (χ0v) is 15.3. The van der Waals surface area contributed by atoms with Crippen LogP contribution >= 0.6 is 0 Å². The molecule has 0 aromatic heterocycles. The van der Waals surface area contributed by atoms with Crippen LogP contribution < -0.4 is 0 Å². The van der Waals surface area contributed by atoms with Crippen LogP contribution in [0.3, 0.4) is 0 Å². The summed E-state index contributed by atoms with van der Waals surface area (Å²) in [6, 6.07) is 0. The molecule has 0 aromatic rings. The van der Waals surface area contributed by atoms with Gasteiger partial charge in [-0.05, 0) is 31.1 Å². The normalized spacial score (nSPS) is 17.6. The molecule has 23 heavy (non-hydrogen) atoms. The summed E-state index contributed by atoms with van der Waals surface area (Å²) in [5.41, 5.74) is 0. The minimum absolute atomic E-state index is 0.819. The van der Waals surface area contributed by atoms with E-state index in [1.165, 1.54) is 89.5 Å². The van der Waals surface area contributed by atoms with Crippen LogP contribution in [0.4, 0.5) is 0 Å². The Kier molecular flexibility index (Phi) is 12.0. The third-order valence-corrected chi connectivity index (χ3v) is 5.45. The minimum atomic E-state index is -0.819. The average molecular weight is 323 g/mol. The number of aliphatic carboxylic acids is 1. The molecule has 1 N–H and O–H groups in total. The van der Waals surface area contributed by atoms with Gasteiger partial charge in [-0.1, -0.05) is 90.0 Å². The van der Waals surface area contributed by atoms with E-state index in [2.05, 4.69) is 6.92 Å². The first kappa shape index (κ1) is 20.3. The lowest BCUT2D eigenvalue weighted by atomic mass is 9.75. The molecule has 134 valence electrons. The summed E-state index contributed by atoms with van der Waals surface area (Å²) in [5, 5.41) is 8.64. The Morgan fingerprint density at radius 1 is 1.00 bits per heavy atom. The number of carboxylic acids is 1. The Balaban J connectivity index is 2.26. The van der Waals surface area contributed by atoms with Gasteiger partial charge in [-0.25, -0.2) is 4.79 Å². The van der Waals surface area contributed by atoms with E-state index in [0.717, 1.165) is 24.7 Å². The Morgan fingerprint density at radius 2 is 1.65 bits per heavy atom. The largest absolute Gasteiger partial charge is 0.478 e. The number of unbranched alkanes of at least 4 members (excludes halogenated alkanes) is 6. The van der Waals surface area contributed by atoms with Crippen LogP contribution in [0, 0.1) is 11.8 Å². The first-order valence-electron chi connectivity index (χ1n) is 10.1. The molecular formula is C21H38O2. The van der Waals surface area contributed by atoms with Crippen LogP contribution in [0.25, 0.3) is 0 Å². The molecule has 1 aliphatic carbocycles. The number of hydrogen-bond acceptors (Lipinski definition) is 1. The van der Waals surface area contributed by atoms with Crippen LogP contribution in [0.5, 0.6) is 0 Å². The quantitative estimate of drug-likeness (QED) is 0.301. The maximum Gasteiger partial charge on any atom is 0.327 e. The second-order valence-electron chi connectivity index (χ2n) is 7.39. The fourth-order valence-electron chi connectivity index (χ4n) is 4.09. The van der Waals surface area contributed by atoms with E-state index < -0.39 is 5.97 Å². The second-order valence-corrected chi connectivity index (χ2v) is 7.39. The molecule has 1 saturated carbocycles. The molecule has 1 atom stereocenters. The first-order valence-corrected chi connectivity index (χ1v) is 10.1. The number of rotatable bonds is 13. The fourth-order valence-corrected chi connectivity index (χ4v) is 4.09. The van der Waals surface area contributed by atoms with Gasteiger partial charge >= 0.3 is 5.97 Å². The number of allylic oxidation sites excluding steroid dienone is 1. The lowest BCUT2D eigenvalue weighted by Crippen LogP contribution is -2.18. The van der Waals surface area contributed by atoms with E-state index in [1.807, 2.05) is 6.08 Å². The summed E-state index contributed by atoms with van der Waals surface area (Å²) in [6.45, 7) is 2.28. The predicted molar refractivity (Wildman–Crippen MR) is 98.7 cm³/mol. The van der Waals surface area contributed by atoms with Gasteiger partial charge in [0.25, 0.3) is 0 Å². The van der Waals surface area contributed by atoms with Crippen LogP contribution in [0.1, 0.15) is 103 Å². The summed E-state index contributed by atoms with van der Waals surface area (Å²) < 4.78 is 0. The van der Waals surface area contributed by atoms with Crippen molar-refractivity contribution in [2.45, 2.75) is 103 Å². The molecule has 1 aliphatic rings. The van der Waals surface area contributed by atoms with Gasteiger partial charge in [0.1, 0.15) is 0 Å². The van der Waals surface area contributed by atoms with Gasteiger partial charge < -0.3 is 5.11 Å². The van der Waals surface area contributed by atoms with E-state index in [-0.39, 0.29) is 0 Å². The molecule has 0 saturated heterocycles. The van der Waals surface area contributed by atoms with E-state index >= 15 is 0 Å². The van der Waals surface area contributed by atoms with Gasteiger partial charge in [-0.2, -0.15) is 0 Å². The highest BCUT2D eigenvalue weighted by molar-refractivity contribution is 5.79. The van der Waals surface area contributed by atoms with Crippen LogP contribution in [0.15, 0.2) is 12.2 Å². The average Bonchev–Trinajstić information content (AvgIpc) is 2.56. The molecule has 0 radical (unpaired) electrons. The van der Waals surface area contributed by atoms with Gasteiger partial charge in [0, 0.05) is 6.08 Å². The van der Waals surface area contributed by atoms with Gasteiger partial charge in [-0.3, -0.25) is 0 Å². The van der Waals surface area contributed by atoms with E-state index in [0.29, 0.717) is 0 Å². The molecule has 0 bridgehead atoms. The molecule has 0 aromatic carbocycles. The van der Waals surface area contributed by atoms with Crippen molar-refractivity contribution in [3.63, 3.8) is 0 Å². The van der Waals surface area contributed by atoms with Crippen molar-refractivity contribution < 1.29 is 9.90 Å². The molecule has 1 rings (SSSR count). The molecule has 0 unspecified atom stereocenters. The van der Waals surface area contributed by atoms with Crippen molar-refractivity contribution in [1.29, 1.82) is 0 Å². The Morgan fingerprint density at radius 3 is 2.35 bits per heavy atom. The number of carbonyl (C=O) groups is 1. The Bertz CT molecular complexity index is 316. The Hall–Kier alpha value is -0.790. The number of carboxylic acid groups (broad SMARTS) is 1. The summed E-state index contributed by atoms with van der Waals surface area (Å²) in [7, 11) is 0. The van der Waals surface area contributed by atoms with Crippen molar-refractivity contribution in [3.05, 3.63) is 12.2 Å². The summed E-state index contributed by atoms with van der Waals surface area (Å²) in [6.07, 6.45) is 23.4. The van der Waals surface area contributed by atoms with Crippen molar-refractivity contribution in [2.24, 2.45) is 11.8 Å². The lowest BCUT2D eigenvalue weighted by molar-refractivity contribution is -0.131. The highest BCUT2D eigenvalue weighted by Crippen LogP contribution is 2.35. The van der Waals surface area contributed by atoms with Crippen molar-refractivity contribution in [1.82, 2.24) is 0 Å². The zero-order valence-electron chi connectivity index (χ0n) is 15.3.